The van der Waals surface area contributed by atoms with Crippen molar-refractivity contribution in [3.05, 3.63) is 106 Å². The van der Waals surface area contributed by atoms with Crippen LogP contribution in [0.1, 0.15) is 22.3 Å². The van der Waals surface area contributed by atoms with Crippen LogP contribution in [-0.2, 0) is 5.75 Å². The van der Waals surface area contributed by atoms with Gasteiger partial charge in [-0.05, 0) is 39.2 Å². The summed E-state index contributed by atoms with van der Waals surface area (Å²) in [4.78, 5) is 0. The van der Waals surface area contributed by atoms with E-state index in [4.69, 9.17) is 4.42 Å². The van der Waals surface area contributed by atoms with Gasteiger partial charge >= 0.3 is 0 Å². The average molecular weight is 437 g/mol. The molecule has 0 bridgehead atoms. The molecule has 134 valence electrons. The first-order valence-electron chi connectivity index (χ1n) is 8.60. The molecule has 0 saturated carbocycles. The molecule has 0 aliphatic rings. The van der Waals surface area contributed by atoms with E-state index < -0.39 is 0 Å². The highest BCUT2D eigenvalue weighted by Gasteiger charge is 2.17. The van der Waals surface area contributed by atoms with E-state index >= 15 is 0 Å². The van der Waals surface area contributed by atoms with Gasteiger partial charge in [0.05, 0.1) is 16.6 Å². The minimum atomic E-state index is 0.214. The van der Waals surface area contributed by atoms with Crippen LogP contribution in [0.2, 0.25) is 0 Å². The zero-order valence-electron chi connectivity index (χ0n) is 14.5. The Hall–Kier alpha value is -2.37. The van der Waals surface area contributed by atoms with E-state index in [1.807, 2.05) is 36.4 Å². The SMILES string of the molecule is Brc1ccccc1-c1nnc(CSC(c2ccccc2)c2ccccc2)o1. The fraction of sp³-hybridized carbons (Fsp3) is 0.0909. The second-order valence-corrected chi connectivity index (χ2v) is 7.94. The molecule has 1 aromatic heterocycles. The van der Waals surface area contributed by atoms with Crippen LogP contribution in [0.4, 0.5) is 0 Å². The summed E-state index contributed by atoms with van der Waals surface area (Å²) in [5.41, 5.74) is 3.43. The van der Waals surface area contributed by atoms with Gasteiger partial charge in [0.25, 0.3) is 0 Å². The number of benzene rings is 3. The molecular formula is C22H17BrN2OS. The fourth-order valence-corrected chi connectivity index (χ4v) is 4.43. The minimum Gasteiger partial charge on any atom is -0.420 e. The van der Waals surface area contributed by atoms with Crippen LogP contribution in [-0.4, -0.2) is 10.2 Å². The summed E-state index contributed by atoms with van der Waals surface area (Å²) in [6.07, 6.45) is 0. The molecule has 0 radical (unpaired) electrons. The molecule has 4 aromatic rings. The molecular weight excluding hydrogens is 420 g/mol. The summed E-state index contributed by atoms with van der Waals surface area (Å²) in [5.74, 6) is 1.81. The molecule has 0 aliphatic heterocycles. The lowest BCUT2D eigenvalue weighted by Gasteiger charge is -2.16. The Morgan fingerprint density at radius 2 is 1.37 bits per heavy atom. The topological polar surface area (TPSA) is 38.9 Å². The molecule has 0 spiro atoms. The number of hydrogen-bond donors (Lipinski definition) is 0. The van der Waals surface area contributed by atoms with E-state index in [1.54, 1.807) is 11.8 Å². The lowest BCUT2D eigenvalue weighted by atomic mass is 10.0. The fourth-order valence-electron chi connectivity index (χ4n) is 2.85. The zero-order valence-corrected chi connectivity index (χ0v) is 16.9. The number of aromatic nitrogens is 2. The maximum absolute atomic E-state index is 5.90. The highest BCUT2D eigenvalue weighted by atomic mass is 79.9. The lowest BCUT2D eigenvalue weighted by Crippen LogP contribution is -1.97. The quantitative estimate of drug-likeness (QED) is 0.344. The van der Waals surface area contributed by atoms with Crippen LogP contribution in [0, 0.1) is 0 Å². The Bertz CT molecular complexity index is 966. The maximum Gasteiger partial charge on any atom is 0.248 e. The van der Waals surface area contributed by atoms with Crippen LogP contribution in [0.5, 0.6) is 0 Å². The summed E-state index contributed by atoms with van der Waals surface area (Å²) < 4.78 is 6.84. The first-order chi connectivity index (χ1) is 13.3. The van der Waals surface area contributed by atoms with Gasteiger partial charge in [-0.15, -0.1) is 22.0 Å². The normalized spacial score (nSPS) is 11.0. The van der Waals surface area contributed by atoms with Crippen molar-refractivity contribution in [2.24, 2.45) is 0 Å². The average Bonchev–Trinajstić information content (AvgIpc) is 3.19. The number of rotatable bonds is 6. The Kier molecular flexibility index (Phi) is 5.70. The predicted molar refractivity (Wildman–Crippen MR) is 113 cm³/mol. The van der Waals surface area contributed by atoms with Gasteiger partial charge in [-0.3, -0.25) is 0 Å². The summed E-state index contributed by atoms with van der Waals surface area (Å²) in [6, 6.07) is 28.9. The summed E-state index contributed by atoms with van der Waals surface area (Å²) in [5, 5.41) is 8.66. The van der Waals surface area contributed by atoms with E-state index in [0.29, 0.717) is 17.5 Å². The third-order valence-corrected chi connectivity index (χ3v) is 6.13. The van der Waals surface area contributed by atoms with Gasteiger partial charge < -0.3 is 4.42 Å². The summed E-state index contributed by atoms with van der Waals surface area (Å²) >= 11 is 5.32. The third-order valence-electron chi connectivity index (χ3n) is 4.15. The van der Waals surface area contributed by atoms with Crippen LogP contribution in [0.3, 0.4) is 0 Å². The second-order valence-electron chi connectivity index (χ2n) is 5.99. The van der Waals surface area contributed by atoms with Crippen molar-refractivity contribution in [1.82, 2.24) is 10.2 Å². The molecule has 0 atom stereocenters. The van der Waals surface area contributed by atoms with Crippen molar-refractivity contribution >= 4 is 27.7 Å². The van der Waals surface area contributed by atoms with Gasteiger partial charge in [0.2, 0.25) is 11.8 Å². The van der Waals surface area contributed by atoms with Gasteiger partial charge in [-0.25, -0.2) is 0 Å². The Morgan fingerprint density at radius 3 is 2.00 bits per heavy atom. The highest BCUT2D eigenvalue weighted by Crippen LogP contribution is 2.37. The molecule has 3 nitrogen and oxygen atoms in total. The maximum atomic E-state index is 5.90. The van der Waals surface area contributed by atoms with Gasteiger partial charge in [-0.1, -0.05) is 72.8 Å². The Balaban J connectivity index is 1.55. The third kappa shape index (κ3) is 4.31. The van der Waals surface area contributed by atoms with Crippen molar-refractivity contribution in [2.75, 3.05) is 0 Å². The lowest BCUT2D eigenvalue weighted by molar-refractivity contribution is 0.528. The van der Waals surface area contributed by atoms with Crippen molar-refractivity contribution in [1.29, 1.82) is 0 Å². The number of halogens is 1. The number of thioether (sulfide) groups is 1. The molecule has 0 amide bonds. The molecule has 0 unspecified atom stereocenters. The Morgan fingerprint density at radius 1 is 0.778 bits per heavy atom. The Labute approximate surface area is 171 Å². The van der Waals surface area contributed by atoms with Crippen LogP contribution in [0.15, 0.2) is 93.8 Å². The van der Waals surface area contributed by atoms with E-state index in [-0.39, 0.29) is 5.25 Å². The second kappa shape index (κ2) is 8.55. The summed E-state index contributed by atoms with van der Waals surface area (Å²) in [7, 11) is 0. The smallest absolute Gasteiger partial charge is 0.248 e. The van der Waals surface area contributed by atoms with Crippen LogP contribution in [0.25, 0.3) is 11.5 Å². The molecule has 0 N–H and O–H groups in total. The van der Waals surface area contributed by atoms with E-state index in [9.17, 15) is 0 Å². The van der Waals surface area contributed by atoms with Crippen LogP contribution >= 0.6 is 27.7 Å². The van der Waals surface area contributed by atoms with Crippen molar-refractivity contribution in [2.45, 2.75) is 11.0 Å². The predicted octanol–water partition coefficient (Wildman–Crippen LogP) is 6.52. The summed E-state index contributed by atoms with van der Waals surface area (Å²) in [6.45, 7) is 0. The van der Waals surface area contributed by atoms with Gasteiger partial charge in [0.1, 0.15) is 0 Å². The monoisotopic (exact) mass is 436 g/mol. The zero-order chi connectivity index (χ0) is 18.5. The van der Waals surface area contributed by atoms with Crippen molar-refractivity contribution in [3.63, 3.8) is 0 Å². The van der Waals surface area contributed by atoms with Crippen molar-refractivity contribution < 1.29 is 4.42 Å². The van der Waals surface area contributed by atoms with Crippen LogP contribution < -0.4 is 0 Å². The molecule has 0 saturated heterocycles. The number of hydrogen-bond acceptors (Lipinski definition) is 4. The van der Waals surface area contributed by atoms with Crippen molar-refractivity contribution in [3.8, 4) is 11.5 Å². The van der Waals surface area contributed by atoms with Gasteiger partial charge in [-0.2, -0.15) is 0 Å². The molecule has 4 rings (SSSR count). The minimum absolute atomic E-state index is 0.214. The van der Waals surface area contributed by atoms with E-state index in [0.717, 1.165) is 10.0 Å². The van der Waals surface area contributed by atoms with E-state index in [1.165, 1.54) is 11.1 Å². The first kappa shape index (κ1) is 18.0. The molecule has 1 heterocycles. The van der Waals surface area contributed by atoms with Gasteiger partial charge in [0.15, 0.2) is 0 Å². The first-order valence-corrected chi connectivity index (χ1v) is 10.4. The van der Waals surface area contributed by atoms with Gasteiger partial charge in [0, 0.05) is 4.47 Å². The highest BCUT2D eigenvalue weighted by molar-refractivity contribution is 9.10. The largest absolute Gasteiger partial charge is 0.420 e. The van der Waals surface area contributed by atoms with E-state index in [2.05, 4.69) is 74.7 Å². The molecule has 0 fully saturated rings. The standard InChI is InChI=1S/C22H17BrN2OS/c23-19-14-8-7-13-18(19)22-25-24-20(26-22)15-27-21(16-9-3-1-4-10-16)17-11-5-2-6-12-17/h1-14,21H,15H2. The molecule has 5 heteroatoms. The molecule has 27 heavy (non-hydrogen) atoms. The molecule has 3 aromatic carbocycles. The molecule has 0 aliphatic carbocycles. The number of nitrogens with zero attached hydrogens (tertiary/aromatic N) is 2.